The highest BCUT2D eigenvalue weighted by molar-refractivity contribution is 7.93. The topological polar surface area (TPSA) is 107 Å². The SMILES string of the molecule is CCCS(=O)(=O)N1CC2(C1)C(COc1ncccn1)CCS2(=O)=O. The maximum atomic E-state index is 12.5. The summed E-state index contributed by atoms with van der Waals surface area (Å²) in [5, 5.41) is 0. The van der Waals surface area contributed by atoms with Crippen molar-refractivity contribution < 1.29 is 21.6 Å². The molecule has 0 amide bonds. The van der Waals surface area contributed by atoms with Gasteiger partial charge < -0.3 is 4.74 Å². The molecule has 1 spiro atoms. The Morgan fingerprint density at radius 1 is 1.33 bits per heavy atom. The number of sulfonamides is 1. The van der Waals surface area contributed by atoms with E-state index < -0.39 is 24.6 Å². The molecule has 10 heteroatoms. The summed E-state index contributed by atoms with van der Waals surface area (Å²) in [5.74, 6) is -0.139. The Bertz CT molecular complexity index is 789. The van der Waals surface area contributed by atoms with E-state index in [1.807, 2.05) is 0 Å². The van der Waals surface area contributed by atoms with Crippen LogP contribution < -0.4 is 4.74 Å². The van der Waals surface area contributed by atoms with Crippen LogP contribution in [0.3, 0.4) is 0 Å². The van der Waals surface area contributed by atoms with Crippen LogP contribution in [0.4, 0.5) is 0 Å². The highest BCUT2D eigenvalue weighted by Crippen LogP contribution is 2.45. The summed E-state index contributed by atoms with van der Waals surface area (Å²) >= 11 is 0. The Balaban J connectivity index is 1.73. The molecule has 0 N–H and O–H groups in total. The van der Waals surface area contributed by atoms with E-state index in [1.54, 1.807) is 25.4 Å². The first-order chi connectivity index (χ1) is 11.3. The first-order valence-corrected chi connectivity index (χ1v) is 11.2. The predicted octanol–water partition coefficient (Wildman–Crippen LogP) is 0.0843. The largest absolute Gasteiger partial charge is 0.463 e. The lowest BCUT2D eigenvalue weighted by Crippen LogP contribution is -2.69. The summed E-state index contributed by atoms with van der Waals surface area (Å²) in [7, 11) is -6.71. The summed E-state index contributed by atoms with van der Waals surface area (Å²) in [4.78, 5) is 7.91. The van der Waals surface area contributed by atoms with Gasteiger partial charge in [-0.15, -0.1) is 0 Å². The van der Waals surface area contributed by atoms with E-state index in [0.29, 0.717) is 12.8 Å². The van der Waals surface area contributed by atoms with Crippen LogP contribution in [0, 0.1) is 5.92 Å². The third-order valence-corrected chi connectivity index (χ3v) is 9.37. The summed E-state index contributed by atoms with van der Waals surface area (Å²) in [6.45, 7) is 2.02. The van der Waals surface area contributed by atoms with E-state index in [9.17, 15) is 16.8 Å². The minimum absolute atomic E-state index is 0.0291. The van der Waals surface area contributed by atoms with Gasteiger partial charge in [-0.3, -0.25) is 0 Å². The molecular weight excluding hydrogens is 354 g/mol. The second-order valence-corrected chi connectivity index (χ2v) is 10.8. The fourth-order valence-electron chi connectivity index (χ4n) is 3.38. The predicted molar refractivity (Wildman–Crippen MR) is 87.8 cm³/mol. The lowest BCUT2D eigenvalue weighted by molar-refractivity contribution is 0.121. The number of nitrogens with zero attached hydrogens (tertiary/aromatic N) is 3. The Kier molecular flexibility index (Phi) is 4.56. The van der Waals surface area contributed by atoms with Gasteiger partial charge in [0.05, 0.1) is 18.1 Å². The van der Waals surface area contributed by atoms with Crippen molar-refractivity contribution in [3.05, 3.63) is 18.5 Å². The van der Waals surface area contributed by atoms with Gasteiger partial charge in [0.25, 0.3) is 0 Å². The van der Waals surface area contributed by atoms with E-state index in [-0.39, 0.29) is 43.1 Å². The van der Waals surface area contributed by atoms with Crippen molar-refractivity contribution >= 4 is 19.9 Å². The molecule has 1 aromatic rings. The van der Waals surface area contributed by atoms with E-state index in [1.165, 1.54) is 4.31 Å². The molecule has 24 heavy (non-hydrogen) atoms. The molecule has 1 unspecified atom stereocenters. The van der Waals surface area contributed by atoms with Crippen LogP contribution in [0.5, 0.6) is 6.01 Å². The van der Waals surface area contributed by atoms with Crippen LogP contribution in [-0.4, -0.2) is 67.1 Å². The van der Waals surface area contributed by atoms with E-state index in [2.05, 4.69) is 9.97 Å². The van der Waals surface area contributed by atoms with Crippen LogP contribution in [0.15, 0.2) is 18.5 Å². The molecule has 0 aliphatic carbocycles. The van der Waals surface area contributed by atoms with Crippen molar-refractivity contribution in [2.45, 2.75) is 24.5 Å². The van der Waals surface area contributed by atoms with Gasteiger partial charge in [0.15, 0.2) is 9.84 Å². The Morgan fingerprint density at radius 2 is 2.00 bits per heavy atom. The molecule has 2 aliphatic heterocycles. The molecule has 0 aromatic carbocycles. The fraction of sp³-hybridized carbons (Fsp3) is 0.714. The minimum atomic E-state index is -3.37. The van der Waals surface area contributed by atoms with E-state index in [4.69, 9.17) is 4.74 Å². The number of hydrogen-bond donors (Lipinski definition) is 0. The number of ether oxygens (including phenoxy) is 1. The van der Waals surface area contributed by atoms with Crippen LogP contribution in [0.25, 0.3) is 0 Å². The van der Waals surface area contributed by atoms with Gasteiger partial charge in [0, 0.05) is 31.4 Å². The highest BCUT2D eigenvalue weighted by Gasteiger charge is 2.63. The quantitative estimate of drug-likeness (QED) is 0.693. The van der Waals surface area contributed by atoms with Crippen molar-refractivity contribution in [2.24, 2.45) is 5.92 Å². The van der Waals surface area contributed by atoms with Crippen LogP contribution in [0.1, 0.15) is 19.8 Å². The Morgan fingerprint density at radius 3 is 2.62 bits per heavy atom. The standard InChI is InChI=1S/C14H21N3O5S2/c1-2-7-24(20,21)17-10-14(11-17)12(4-8-23(14,18)19)9-22-13-15-5-3-6-16-13/h3,5-6,12H,2,4,7-11H2,1H3. The molecule has 3 heterocycles. The molecule has 1 aromatic heterocycles. The third-order valence-electron chi connectivity index (χ3n) is 4.80. The first-order valence-electron chi connectivity index (χ1n) is 7.91. The average Bonchev–Trinajstić information content (AvgIpc) is 2.75. The van der Waals surface area contributed by atoms with Gasteiger partial charge in [0.1, 0.15) is 4.75 Å². The fourth-order valence-corrected chi connectivity index (χ4v) is 7.57. The van der Waals surface area contributed by atoms with E-state index in [0.717, 1.165) is 0 Å². The summed E-state index contributed by atoms with van der Waals surface area (Å²) in [5.41, 5.74) is 0. The summed E-state index contributed by atoms with van der Waals surface area (Å²) in [6.07, 6.45) is 4.07. The van der Waals surface area contributed by atoms with Gasteiger partial charge in [-0.1, -0.05) is 6.92 Å². The molecule has 1 atom stereocenters. The van der Waals surface area contributed by atoms with Gasteiger partial charge in [-0.2, -0.15) is 4.31 Å². The van der Waals surface area contributed by atoms with Crippen molar-refractivity contribution in [1.29, 1.82) is 0 Å². The zero-order valence-corrected chi connectivity index (χ0v) is 15.1. The minimum Gasteiger partial charge on any atom is -0.463 e. The second-order valence-electron chi connectivity index (χ2n) is 6.30. The summed E-state index contributed by atoms with van der Waals surface area (Å²) in [6, 6.07) is 1.86. The maximum Gasteiger partial charge on any atom is 0.316 e. The van der Waals surface area contributed by atoms with Crippen LogP contribution in [0.2, 0.25) is 0 Å². The van der Waals surface area contributed by atoms with Gasteiger partial charge in [-0.25, -0.2) is 26.8 Å². The number of hydrogen-bond acceptors (Lipinski definition) is 7. The molecular formula is C14H21N3O5S2. The number of rotatable bonds is 6. The van der Waals surface area contributed by atoms with Crippen LogP contribution in [-0.2, 0) is 19.9 Å². The molecule has 3 rings (SSSR count). The number of aromatic nitrogens is 2. The van der Waals surface area contributed by atoms with Gasteiger partial charge in [-0.05, 0) is 18.9 Å². The van der Waals surface area contributed by atoms with Gasteiger partial charge >= 0.3 is 6.01 Å². The zero-order valence-electron chi connectivity index (χ0n) is 13.5. The van der Waals surface area contributed by atoms with Gasteiger partial charge in [0.2, 0.25) is 10.0 Å². The second kappa shape index (κ2) is 6.23. The molecule has 2 saturated heterocycles. The lowest BCUT2D eigenvalue weighted by atomic mass is 9.85. The average molecular weight is 375 g/mol. The van der Waals surface area contributed by atoms with Crippen molar-refractivity contribution in [2.75, 3.05) is 31.2 Å². The van der Waals surface area contributed by atoms with Crippen molar-refractivity contribution in [1.82, 2.24) is 14.3 Å². The maximum absolute atomic E-state index is 12.5. The molecule has 0 bridgehead atoms. The Labute approximate surface area is 142 Å². The molecule has 134 valence electrons. The molecule has 8 nitrogen and oxygen atoms in total. The Hall–Kier alpha value is -1.26. The van der Waals surface area contributed by atoms with Crippen LogP contribution >= 0.6 is 0 Å². The first kappa shape index (κ1) is 17.6. The molecule has 0 saturated carbocycles. The lowest BCUT2D eigenvalue weighted by Gasteiger charge is -2.48. The van der Waals surface area contributed by atoms with Crippen molar-refractivity contribution in [3.8, 4) is 6.01 Å². The molecule has 0 radical (unpaired) electrons. The smallest absolute Gasteiger partial charge is 0.316 e. The zero-order chi connectivity index (χ0) is 17.4. The molecule has 2 aliphatic rings. The van der Waals surface area contributed by atoms with E-state index >= 15 is 0 Å². The normalized spacial score (nSPS) is 25.5. The summed E-state index contributed by atoms with van der Waals surface area (Å²) < 4.78 is 55.1. The number of sulfone groups is 1. The van der Waals surface area contributed by atoms with Crippen molar-refractivity contribution in [3.63, 3.8) is 0 Å². The third kappa shape index (κ3) is 2.91. The highest BCUT2D eigenvalue weighted by atomic mass is 32.2. The molecule has 2 fully saturated rings. The monoisotopic (exact) mass is 375 g/mol.